The van der Waals surface area contributed by atoms with Gasteiger partial charge in [0.25, 0.3) is 5.91 Å². The Labute approximate surface area is 154 Å². The van der Waals surface area contributed by atoms with Crippen LogP contribution in [0.4, 0.5) is 5.82 Å². The minimum atomic E-state index is -0.179. The van der Waals surface area contributed by atoms with Gasteiger partial charge >= 0.3 is 0 Å². The summed E-state index contributed by atoms with van der Waals surface area (Å²) in [5, 5.41) is 7.28. The zero-order valence-corrected chi connectivity index (χ0v) is 15.6. The van der Waals surface area contributed by atoms with Gasteiger partial charge in [-0.15, -0.1) is 0 Å². The van der Waals surface area contributed by atoms with Crippen LogP contribution in [0, 0.1) is 0 Å². The van der Waals surface area contributed by atoms with Gasteiger partial charge in [-0.3, -0.25) is 14.4 Å². The summed E-state index contributed by atoms with van der Waals surface area (Å²) in [5.41, 5.74) is 8.18. The van der Waals surface area contributed by atoms with Crippen LogP contribution in [-0.2, 0) is 20.1 Å². The summed E-state index contributed by atoms with van der Waals surface area (Å²) in [5.74, 6) is 0.682. The molecule has 2 aromatic rings. The standard InChI is InChI=1S/C18H27N7O/c1-23(2)16-6-4-5-15(21-16)9-20-18(26)17-13(10-24(3)22-17)11-25-8-7-14(19)12-25/h4-6,10,14H,7-9,11-12,19H2,1-3H3,(H,20,26). The molecule has 3 N–H and O–H groups in total. The SMILES string of the molecule is CN(C)c1cccc(CNC(=O)c2nn(C)cc2CN2CCC(N)C2)n1. The molecule has 1 aliphatic heterocycles. The number of nitrogens with one attached hydrogen (secondary N) is 1. The smallest absolute Gasteiger partial charge is 0.272 e. The molecule has 140 valence electrons. The highest BCUT2D eigenvalue weighted by Crippen LogP contribution is 2.15. The Morgan fingerprint density at radius 2 is 2.23 bits per heavy atom. The third-order valence-corrected chi connectivity index (χ3v) is 4.50. The Balaban J connectivity index is 1.65. The van der Waals surface area contributed by atoms with E-state index in [1.807, 2.05) is 50.4 Å². The molecule has 1 atom stereocenters. The predicted molar refractivity (Wildman–Crippen MR) is 101 cm³/mol. The van der Waals surface area contributed by atoms with Crippen LogP contribution in [-0.4, -0.2) is 58.8 Å². The number of nitrogens with zero attached hydrogens (tertiary/aromatic N) is 5. The van der Waals surface area contributed by atoms with Crippen LogP contribution in [0.25, 0.3) is 0 Å². The summed E-state index contributed by atoms with van der Waals surface area (Å²) in [4.78, 5) is 21.4. The van der Waals surface area contributed by atoms with Crippen LogP contribution in [0.3, 0.4) is 0 Å². The number of nitrogens with two attached hydrogens (primary N) is 1. The minimum Gasteiger partial charge on any atom is -0.363 e. The van der Waals surface area contributed by atoms with Crippen molar-refractivity contribution in [2.75, 3.05) is 32.1 Å². The number of hydrogen-bond acceptors (Lipinski definition) is 6. The van der Waals surface area contributed by atoms with Crippen molar-refractivity contribution in [2.45, 2.75) is 25.6 Å². The van der Waals surface area contributed by atoms with E-state index < -0.39 is 0 Å². The number of aromatic nitrogens is 3. The third kappa shape index (κ3) is 4.39. The summed E-state index contributed by atoms with van der Waals surface area (Å²) in [6, 6.07) is 5.99. The highest BCUT2D eigenvalue weighted by atomic mass is 16.1. The second-order valence-corrected chi connectivity index (χ2v) is 7.02. The van der Waals surface area contributed by atoms with Gasteiger partial charge in [0.15, 0.2) is 5.69 Å². The molecule has 0 aromatic carbocycles. The summed E-state index contributed by atoms with van der Waals surface area (Å²) >= 11 is 0. The molecule has 1 saturated heterocycles. The lowest BCUT2D eigenvalue weighted by atomic mass is 10.2. The Morgan fingerprint density at radius 1 is 1.42 bits per heavy atom. The maximum atomic E-state index is 12.6. The van der Waals surface area contributed by atoms with Crippen molar-refractivity contribution < 1.29 is 4.79 Å². The Morgan fingerprint density at radius 3 is 2.92 bits per heavy atom. The van der Waals surface area contributed by atoms with Crippen LogP contribution >= 0.6 is 0 Å². The number of carbonyl (C=O) groups is 1. The van der Waals surface area contributed by atoms with Crippen LogP contribution in [0.1, 0.15) is 28.2 Å². The molecule has 1 fully saturated rings. The molecule has 1 unspecified atom stereocenters. The summed E-state index contributed by atoms with van der Waals surface area (Å²) in [7, 11) is 5.71. The van der Waals surface area contributed by atoms with Gasteiger partial charge in [0.05, 0.1) is 12.2 Å². The molecule has 2 aromatic heterocycles. The molecule has 26 heavy (non-hydrogen) atoms. The van der Waals surface area contributed by atoms with Crippen LogP contribution in [0.5, 0.6) is 0 Å². The second-order valence-electron chi connectivity index (χ2n) is 7.02. The molecule has 0 bridgehead atoms. The molecule has 3 heterocycles. The first-order valence-corrected chi connectivity index (χ1v) is 8.84. The van der Waals surface area contributed by atoms with E-state index in [0.717, 1.165) is 36.6 Å². The van der Waals surface area contributed by atoms with E-state index in [-0.39, 0.29) is 11.9 Å². The Hall–Kier alpha value is -2.45. The van der Waals surface area contributed by atoms with E-state index in [0.29, 0.717) is 18.8 Å². The molecule has 8 heteroatoms. The second kappa shape index (κ2) is 7.84. The third-order valence-electron chi connectivity index (χ3n) is 4.50. The minimum absolute atomic E-state index is 0.179. The quantitative estimate of drug-likeness (QED) is 0.775. The van der Waals surface area contributed by atoms with Crippen molar-refractivity contribution in [3.8, 4) is 0 Å². The summed E-state index contributed by atoms with van der Waals surface area (Å²) in [6.07, 6.45) is 2.90. The molecule has 8 nitrogen and oxygen atoms in total. The number of hydrogen-bond donors (Lipinski definition) is 2. The fourth-order valence-electron chi connectivity index (χ4n) is 3.16. The number of amides is 1. The van der Waals surface area contributed by atoms with Gasteiger partial charge < -0.3 is 16.0 Å². The normalized spacial score (nSPS) is 17.5. The molecular weight excluding hydrogens is 330 g/mol. The van der Waals surface area contributed by atoms with Crippen LogP contribution in [0.2, 0.25) is 0 Å². The first-order chi connectivity index (χ1) is 12.4. The zero-order valence-electron chi connectivity index (χ0n) is 15.6. The molecular formula is C18H27N7O. The van der Waals surface area contributed by atoms with Crippen molar-refractivity contribution in [3.05, 3.63) is 41.3 Å². The van der Waals surface area contributed by atoms with Crippen molar-refractivity contribution in [1.29, 1.82) is 0 Å². The lowest BCUT2D eigenvalue weighted by Gasteiger charge is -2.15. The van der Waals surface area contributed by atoms with Gasteiger partial charge in [0.2, 0.25) is 0 Å². The fourth-order valence-corrected chi connectivity index (χ4v) is 3.16. The molecule has 0 spiro atoms. The number of pyridine rings is 1. The fraction of sp³-hybridized carbons (Fsp3) is 0.500. The number of anilines is 1. The van der Waals surface area contributed by atoms with E-state index in [9.17, 15) is 4.79 Å². The van der Waals surface area contributed by atoms with E-state index in [2.05, 4.69) is 20.3 Å². The number of aryl methyl sites for hydroxylation is 1. The number of carbonyl (C=O) groups excluding carboxylic acids is 1. The maximum Gasteiger partial charge on any atom is 0.272 e. The molecule has 0 saturated carbocycles. The molecule has 0 aliphatic carbocycles. The van der Waals surface area contributed by atoms with Gasteiger partial charge in [-0.25, -0.2) is 4.98 Å². The zero-order chi connectivity index (χ0) is 18.7. The van der Waals surface area contributed by atoms with Crippen LogP contribution < -0.4 is 16.0 Å². The topological polar surface area (TPSA) is 92.3 Å². The van der Waals surface area contributed by atoms with Crippen LogP contribution in [0.15, 0.2) is 24.4 Å². The van der Waals surface area contributed by atoms with E-state index >= 15 is 0 Å². The van der Waals surface area contributed by atoms with Crippen molar-refractivity contribution >= 4 is 11.7 Å². The van der Waals surface area contributed by atoms with E-state index in [1.54, 1.807) is 4.68 Å². The first-order valence-electron chi connectivity index (χ1n) is 8.84. The van der Waals surface area contributed by atoms with E-state index in [4.69, 9.17) is 5.73 Å². The average Bonchev–Trinajstić information content (AvgIpc) is 3.18. The van der Waals surface area contributed by atoms with Crippen molar-refractivity contribution in [2.24, 2.45) is 12.8 Å². The van der Waals surface area contributed by atoms with Gasteiger partial charge in [-0.1, -0.05) is 6.07 Å². The molecule has 0 radical (unpaired) electrons. The Kier molecular flexibility index (Phi) is 5.53. The molecule has 1 aliphatic rings. The number of likely N-dealkylation sites (tertiary alicyclic amines) is 1. The van der Waals surface area contributed by atoms with Gasteiger partial charge in [-0.05, 0) is 18.6 Å². The highest BCUT2D eigenvalue weighted by molar-refractivity contribution is 5.93. The highest BCUT2D eigenvalue weighted by Gasteiger charge is 2.23. The largest absolute Gasteiger partial charge is 0.363 e. The average molecular weight is 357 g/mol. The monoisotopic (exact) mass is 357 g/mol. The lowest BCUT2D eigenvalue weighted by Crippen LogP contribution is -2.28. The summed E-state index contributed by atoms with van der Waals surface area (Å²) in [6.45, 7) is 2.87. The first kappa shape index (κ1) is 18.3. The van der Waals surface area contributed by atoms with Gasteiger partial charge in [0.1, 0.15) is 5.82 Å². The van der Waals surface area contributed by atoms with Gasteiger partial charge in [0, 0.05) is 58.6 Å². The lowest BCUT2D eigenvalue weighted by molar-refractivity contribution is 0.0943. The van der Waals surface area contributed by atoms with Gasteiger partial charge in [-0.2, -0.15) is 5.10 Å². The van der Waals surface area contributed by atoms with Crippen molar-refractivity contribution in [1.82, 2.24) is 25.0 Å². The predicted octanol–water partition coefficient (Wildman–Crippen LogP) is 0.344. The number of rotatable bonds is 6. The van der Waals surface area contributed by atoms with Crippen molar-refractivity contribution in [3.63, 3.8) is 0 Å². The van der Waals surface area contributed by atoms with E-state index in [1.165, 1.54) is 0 Å². The Bertz CT molecular complexity index is 771. The summed E-state index contributed by atoms with van der Waals surface area (Å²) < 4.78 is 1.69. The maximum absolute atomic E-state index is 12.6. The molecule has 3 rings (SSSR count). The molecule has 1 amide bonds.